The topological polar surface area (TPSA) is 50.7 Å². The monoisotopic (exact) mass is 362 g/mol. The minimum Gasteiger partial charge on any atom is -0.484 e. The molecule has 4 nitrogen and oxygen atoms in total. The Labute approximate surface area is 151 Å². The van der Waals surface area contributed by atoms with Crippen LogP contribution in [0, 0.1) is 5.82 Å². The van der Waals surface area contributed by atoms with Crippen molar-refractivity contribution in [2.75, 3.05) is 6.61 Å². The molecule has 0 heterocycles. The highest BCUT2D eigenvalue weighted by molar-refractivity contribution is 6.33. The Morgan fingerprint density at radius 3 is 2.68 bits per heavy atom. The van der Waals surface area contributed by atoms with Crippen LogP contribution >= 0.6 is 11.6 Å². The normalized spacial score (nSPS) is 12.2. The summed E-state index contributed by atoms with van der Waals surface area (Å²) in [5, 5.41) is 3.91. The van der Waals surface area contributed by atoms with Gasteiger partial charge in [-0.25, -0.2) is 9.82 Å². The van der Waals surface area contributed by atoms with Crippen LogP contribution in [0.2, 0.25) is 5.02 Å². The Morgan fingerprint density at radius 2 is 2.04 bits per heavy atom. The van der Waals surface area contributed by atoms with E-state index < -0.39 is 11.7 Å². The summed E-state index contributed by atoms with van der Waals surface area (Å²) in [6, 6.07) is 11.9. The smallest absolute Gasteiger partial charge is 0.277 e. The highest BCUT2D eigenvalue weighted by Crippen LogP contribution is 2.21. The third-order valence-corrected chi connectivity index (χ3v) is 4.14. The fourth-order valence-electron chi connectivity index (χ4n) is 2.11. The lowest BCUT2D eigenvalue weighted by Gasteiger charge is -2.10. The number of nitrogens with one attached hydrogen (secondary N) is 1. The maximum absolute atomic E-state index is 13.5. The Morgan fingerprint density at radius 1 is 1.32 bits per heavy atom. The summed E-state index contributed by atoms with van der Waals surface area (Å²) in [5.41, 5.74) is 3.62. The van der Waals surface area contributed by atoms with E-state index in [1.165, 1.54) is 17.7 Å². The van der Waals surface area contributed by atoms with Gasteiger partial charge in [0.25, 0.3) is 5.91 Å². The molecule has 2 rings (SSSR count). The van der Waals surface area contributed by atoms with Crippen molar-refractivity contribution >= 4 is 23.7 Å². The molecule has 0 aliphatic rings. The second kappa shape index (κ2) is 9.18. The van der Waals surface area contributed by atoms with Gasteiger partial charge in [-0.05, 0) is 42.2 Å². The molecular formula is C19H20ClFN2O2. The molecule has 0 bridgehead atoms. The molecule has 2 aromatic rings. The Kier molecular flexibility index (Phi) is 6.95. The summed E-state index contributed by atoms with van der Waals surface area (Å²) >= 11 is 5.86. The van der Waals surface area contributed by atoms with E-state index in [-0.39, 0.29) is 17.2 Å². The van der Waals surface area contributed by atoms with Crippen molar-refractivity contribution in [2.45, 2.75) is 26.2 Å². The van der Waals surface area contributed by atoms with E-state index in [9.17, 15) is 9.18 Å². The first-order valence-electron chi connectivity index (χ1n) is 8.00. The van der Waals surface area contributed by atoms with Crippen LogP contribution in [0.3, 0.4) is 0 Å². The highest BCUT2D eigenvalue weighted by atomic mass is 35.5. The molecule has 0 saturated heterocycles. The SMILES string of the molecule is CC[C@@H](C)c1ccc(OCC(=O)N/N=C/c2c(F)cccc2Cl)cc1. The zero-order chi connectivity index (χ0) is 18.2. The minimum absolute atomic E-state index is 0.117. The zero-order valence-corrected chi connectivity index (χ0v) is 14.9. The number of benzene rings is 2. The largest absolute Gasteiger partial charge is 0.484 e. The third kappa shape index (κ3) is 5.57. The van der Waals surface area contributed by atoms with Gasteiger partial charge in [0.2, 0.25) is 0 Å². The molecule has 132 valence electrons. The van der Waals surface area contributed by atoms with Gasteiger partial charge >= 0.3 is 0 Å². The first kappa shape index (κ1) is 18.9. The molecule has 0 spiro atoms. The van der Waals surface area contributed by atoms with Crippen molar-refractivity contribution in [2.24, 2.45) is 5.10 Å². The van der Waals surface area contributed by atoms with Crippen molar-refractivity contribution in [1.82, 2.24) is 5.43 Å². The van der Waals surface area contributed by atoms with E-state index in [0.717, 1.165) is 12.6 Å². The number of ether oxygens (including phenoxy) is 1. The van der Waals surface area contributed by atoms with E-state index in [2.05, 4.69) is 24.4 Å². The van der Waals surface area contributed by atoms with Gasteiger partial charge in [0.05, 0.1) is 11.2 Å². The van der Waals surface area contributed by atoms with Gasteiger partial charge in [-0.3, -0.25) is 4.79 Å². The molecule has 0 fully saturated rings. The first-order valence-corrected chi connectivity index (χ1v) is 8.37. The summed E-state index contributed by atoms with van der Waals surface area (Å²) < 4.78 is 18.9. The molecule has 1 amide bonds. The second-order valence-electron chi connectivity index (χ2n) is 5.60. The van der Waals surface area contributed by atoms with Gasteiger partial charge < -0.3 is 4.74 Å². The molecule has 1 N–H and O–H groups in total. The van der Waals surface area contributed by atoms with E-state index in [0.29, 0.717) is 11.7 Å². The van der Waals surface area contributed by atoms with Crippen LogP contribution in [-0.2, 0) is 4.79 Å². The standard InChI is InChI=1S/C19H20ClFN2O2/c1-3-13(2)14-7-9-15(10-8-14)25-12-19(24)23-22-11-16-17(20)5-4-6-18(16)21/h4-11,13H,3,12H2,1-2H3,(H,23,24)/b22-11+/t13-/m1/s1. The van der Waals surface area contributed by atoms with Gasteiger partial charge in [0, 0.05) is 5.56 Å². The molecule has 0 aliphatic carbocycles. The summed E-state index contributed by atoms with van der Waals surface area (Å²) in [4.78, 5) is 11.7. The first-order chi connectivity index (χ1) is 12.0. The summed E-state index contributed by atoms with van der Waals surface area (Å²) in [6.45, 7) is 4.10. The molecule has 2 aromatic carbocycles. The lowest BCUT2D eigenvalue weighted by atomic mass is 9.99. The highest BCUT2D eigenvalue weighted by Gasteiger charge is 2.06. The number of amides is 1. The molecule has 6 heteroatoms. The van der Waals surface area contributed by atoms with E-state index in [4.69, 9.17) is 16.3 Å². The number of hydrogen-bond donors (Lipinski definition) is 1. The number of hydrazone groups is 1. The van der Waals surface area contributed by atoms with Gasteiger partial charge in [0.15, 0.2) is 6.61 Å². The predicted molar refractivity (Wildman–Crippen MR) is 97.8 cm³/mol. The summed E-state index contributed by atoms with van der Waals surface area (Å²) in [7, 11) is 0. The number of nitrogens with zero attached hydrogens (tertiary/aromatic N) is 1. The van der Waals surface area contributed by atoms with E-state index in [1.54, 1.807) is 6.07 Å². The lowest BCUT2D eigenvalue weighted by Crippen LogP contribution is -2.24. The fourth-order valence-corrected chi connectivity index (χ4v) is 2.32. The lowest BCUT2D eigenvalue weighted by molar-refractivity contribution is -0.123. The zero-order valence-electron chi connectivity index (χ0n) is 14.1. The molecule has 1 atom stereocenters. The maximum Gasteiger partial charge on any atom is 0.277 e. The van der Waals surface area contributed by atoms with Crippen LogP contribution in [0.25, 0.3) is 0 Å². The molecular weight excluding hydrogens is 343 g/mol. The van der Waals surface area contributed by atoms with Crippen molar-refractivity contribution in [3.63, 3.8) is 0 Å². The maximum atomic E-state index is 13.5. The van der Waals surface area contributed by atoms with Crippen molar-refractivity contribution in [3.8, 4) is 5.75 Å². The molecule has 0 radical (unpaired) electrons. The molecule has 0 saturated carbocycles. The molecule has 0 unspecified atom stereocenters. The van der Waals surface area contributed by atoms with Crippen molar-refractivity contribution in [3.05, 3.63) is 64.4 Å². The van der Waals surface area contributed by atoms with Gasteiger partial charge in [-0.1, -0.05) is 43.6 Å². The number of carbonyl (C=O) groups is 1. The molecule has 25 heavy (non-hydrogen) atoms. The second-order valence-corrected chi connectivity index (χ2v) is 6.00. The predicted octanol–water partition coefficient (Wildman–Crippen LogP) is 4.52. The summed E-state index contributed by atoms with van der Waals surface area (Å²) in [6.07, 6.45) is 2.23. The number of carbonyl (C=O) groups excluding carboxylic acids is 1. The van der Waals surface area contributed by atoms with Crippen LogP contribution < -0.4 is 10.2 Å². The average molecular weight is 363 g/mol. The van der Waals surface area contributed by atoms with Crippen molar-refractivity contribution in [1.29, 1.82) is 0 Å². The fraction of sp³-hybridized carbons (Fsp3) is 0.263. The quantitative estimate of drug-likeness (QED) is 0.581. The Hall–Kier alpha value is -2.40. The van der Waals surface area contributed by atoms with Crippen LogP contribution in [0.5, 0.6) is 5.75 Å². The number of rotatable bonds is 7. The van der Waals surface area contributed by atoms with Crippen LogP contribution in [-0.4, -0.2) is 18.7 Å². The van der Waals surface area contributed by atoms with Gasteiger partial charge in [-0.2, -0.15) is 5.10 Å². The van der Waals surface area contributed by atoms with Gasteiger partial charge in [-0.15, -0.1) is 0 Å². The number of halogens is 2. The van der Waals surface area contributed by atoms with E-state index in [1.807, 2.05) is 24.3 Å². The average Bonchev–Trinajstić information content (AvgIpc) is 2.62. The summed E-state index contributed by atoms with van der Waals surface area (Å²) in [5.74, 6) is 0.123. The molecule has 0 aromatic heterocycles. The Balaban J connectivity index is 1.83. The molecule has 0 aliphatic heterocycles. The van der Waals surface area contributed by atoms with Crippen LogP contribution in [0.4, 0.5) is 4.39 Å². The Bertz CT molecular complexity index is 727. The number of hydrogen-bond acceptors (Lipinski definition) is 3. The third-order valence-electron chi connectivity index (χ3n) is 3.81. The van der Waals surface area contributed by atoms with Crippen LogP contribution in [0.15, 0.2) is 47.6 Å². The van der Waals surface area contributed by atoms with Gasteiger partial charge in [0.1, 0.15) is 11.6 Å². The minimum atomic E-state index is -0.511. The van der Waals surface area contributed by atoms with E-state index >= 15 is 0 Å². The van der Waals surface area contributed by atoms with Crippen LogP contribution in [0.1, 0.15) is 37.3 Å². The van der Waals surface area contributed by atoms with Crippen molar-refractivity contribution < 1.29 is 13.9 Å².